The number of carbonyl (C=O) groups is 1. The second-order valence-corrected chi connectivity index (χ2v) is 9.25. The van der Waals surface area contributed by atoms with Crippen LogP contribution < -0.4 is 21.7 Å². The third-order valence-electron chi connectivity index (χ3n) is 5.54. The molecule has 1 amide bonds. The second-order valence-electron chi connectivity index (χ2n) is 8.40. The van der Waals surface area contributed by atoms with Gasteiger partial charge in [0.25, 0.3) is 0 Å². The van der Waals surface area contributed by atoms with E-state index in [1.807, 2.05) is 60.7 Å². The summed E-state index contributed by atoms with van der Waals surface area (Å²) in [5, 5.41) is 9.47. The molecule has 5 N–H and O–H groups in total. The summed E-state index contributed by atoms with van der Waals surface area (Å²) < 4.78 is 0.793. The van der Waals surface area contributed by atoms with Gasteiger partial charge >= 0.3 is 0 Å². The molecule has 0 spiro atoms. The minimum absolute atomic E-state index is 0.238. The molecule has 0 radical (unpaired) electrons. The summed E-state index contributed by atoms with van der Waals surface area (Å²) in [6, 6.07) is 26.9. The van der Waals surface area contributed by atoms with Gasteiger partial charge in [-0.25, -0.2) is 4.98 Å². The van der Waals surface area contributed by atoms with E-state index in [0.29, 0.717) is 18.1 Å². The van der Waals surface area contributed by atoms with Crippen molar-refractivity contribution in [2.24, 2.45) is 5.73 Å². The minimum atomic E-state index is -0.644. The Balaban J connectivity index is 1.32. The Labute approximate surface area is 219 Å². The molecule has 1 atom stereocenters. The lowest BCUT2D eigenvalue weighted by atomic mass is 10.1. The first-order valence-electron chi connectivity index (χ1n) is 11.8. The number of nitrogens with one attached hydrogen (secondary N) is 3. The van der Waals surface area contributed by atoms with Gasteiger partial charge in [-0.05, 0) is 64.5 Å². The van der Waals surface area contributed by atoms with Crippen LogP contribution in [0.2, 0.25) is 0 Å². The monoisotopic (exact) mass is 544 g/mol. The molecular weight excluding hydrogens is 516 g/mol. The van der Waals surface area contributed by atoms with Crippen molar-refractivity contribution in [2.45, 2.75) is 25.3 Å². The highest BCUT2D eigenvalue weighted by Crippen LogP contribution is 2.23. The number of halogens is 1. The van der Waals surface area contributed by atoms with Gasteiger partial charge in [-0.2, -0.15) is 4.98 Å². The van der Waals surface area contributed by atoms with Crippen LogP contribution in [0.5, 0.6) is 0 Å². The van der Waals surface area contributed by atoms with Gasteiger partial charge in [-0.3, -0.25) is 4.79 Å². The van der Waals surface area contributed by atoms with Crippen molar-refractivity contribution in [2.75, 3.05) is 22.5 Å². The average Bonchev–Trinajstić information content (AvgIpc) is 2.90. The fraction of sp³-hybridized carbons (Fsp3) is 0.179. The molecule has 0 aliphatic carbocycles. The molecule has 0 aliphatic rings. The lowest BCUT2D eigenvalue weighted by Crippen LogP contribution is -2.37. The van der Waals surface area contributed by atoms with Gasteiger partial charge in [0.15, 0.2) is 0 Å². The zero-order valence-corrected chi connectivity index (χ0v) is 21.4. The molecule has 3 aromatic carbocycles. The fourth-order valence-corrected chi connectivity index (χ4v) is 4.03. The van der Waals surface area contributed by atoms with Gasteiger partial charge in [0, 0.05) is 24.1 Å². The summed E-state index contributed by atoms with van der Waals surface area (Å²) >= 11 is 3.51. The van der Waals surface area contributed by atoms with Crippen LogP contribution in [0, 0.1) is 0 Å². The maximum absolute atomic E-state index is 12.6. The van der Waals surface area contributed by atoms with Crippen molar-refractivity contribution in [3.05, 3.63) is 107 Å². The molecule has 1 heterocycles. The first-order valence-corrected chi connectivity index (χ1v) is 12.6. The topological polar surface area (TPSA) is 105 Å². The predicted molar refractivity (Wildman–Crippen MR) is 149 cm³/mol. The van der Waals surface area contributed by atoms with E-state index in [-0.39, 0.29) is 5.91 Å². The van der Waals surface area contributed by atoms with E-state index in [0.717, 1.165) is 40.9 Å². The van der Waals surface area contributed by atoms with Gasteiger partial charge in [0.2, 0.25) is 11.9 Å². The lowest BCUT2D eigenvalue weighted by molar-refractivity contribution is -0.117. The Morgan fingerprint density at radius 3 is 2.36 bits per heavy atom. The quantitative estimate of drug-likeness (QED) is 0.185. The number of anilines is 4. The van der Waals surface area contributed by atoms with E-state index in [1.165, 1.54) is 5.56 Å². The van der Waals surface area contributed by atoms with Gasteiger partial charge in [0.05, 0.1) is 10.5 Å². The number of rotatable bonds is 11. The third kappa shape index (κ3) is 7.63. The molecule has 7 nitrogen and oxygen atoms in total. The highest BCUT2D eigenvalue weighted by atomic mass is 79.9. The van der Waals surface area contributed by atoms with Crippen molar-refractivity contribution < 1.29 is 4.79 Å². The molecule has 0 fully saturated rings. The van der Waals surface area contributed by atoms with Crippen LogP contribution in [0.25, 0.3) is 0 Å². The number of carbonyl (C=O) groups excluding carboxylic acids is 1. The summed E-state index contributed by atoms with van der Waals surface area (Å²) in [7, 11) is 0. The van der Waals surface area contributed by atoms with Crippen molar-refractivity contribution in [1.82, 2.24) is 9.97 Å². The molecule has 184 valence electrons. The smallest absolute Gasteiger partial charge is 0.241 e. The highest BCUT2D eigenvalue weighted by molar-refractivity contribution is 9.10. The summed E-state index contributed by atoms with van der Waals surface area (Å²) in [4.78, 5) is 21.5. The Morgan fingerprint density at radius 2 is 1.61 bits per heavy atom. The maximum Gasteiger partial charge on any atom is 0.241 e. The maximum atomic E-state index is 12.6. The second kappa shape index (κ2) is 12.8. The number of hydrogen-bond donors (Lipinski definition) is 4. The number of aromatic nitrogens is 2. The van der Waals surface area contributed by atoms with E-state index < -0.39 is 6.04 Å². The summed E-state index contributed by atoms with van der Waals surface area (Å²) in [5.74, 6) is 0.933. The third-order valence-corrected chi connectivity index (χ3v) is 6.12. The summed E-state index contributed by atoms with van der Waals surface area (Å²) in [6.45, 7) is 0.786. The zero-order valence-electron chi connectivity index (χ0n) is 19.8. The number of hydrogen-bond acceptors (Lipinski definition) is 6. The predicted octanol–water partition coefficient (Wildman–Crippen LogP) is 5.54. The van der Waals surface area contributed by atoms with Crippen LogP contribution in [0.1, 0.15) is 17.5 Å². The normalized spacial score (nSPS) is 11.5. The molecule has 36 heavy (non-hydrogen) atoms. The van der Waals surface area contributed by atoms with E-state index in [2.05, 4.69) is 66.1 Å². The van der Waals surface area contributed by atoms with E-state index in [9.17, 15) is 4.79 Å². The van der Waals surface area contributed by atoms with Gasteiger partial charge in [-0.15, -0.1) is 0 Å². The first-order chi connectivity index (χ1) is 17.6. The first kappa shape index (κ1) is 25.3. The average molecular weight is 545 g/mol. The van der Waals surface area contributed by atoms with E-state index in [1.54, 1.807) is 6.20 Å². The van der Waals surface area contributed by atoms with Gasteiger partial charge in [0.1, 0.15) is 5.82 Å². The van der Waals surface area contributed by atoms with Gasteiger partial charge < -0.3 is 21.7 Å². The van der Waals surface area contributed by atoms with Crippen LogP contribution in [-0.4, -0.2) is 28.5 Å². The number of nitrogens with zero attached hydrogens (tertiary/aromatic N) is 2. The van der Waals surface area contributed by atoms with Crippen LogP contribution in [0.15, 0.2) is 95.6 Å². The Kier molecular flexibility index (Phi) is 9.02. The van der Waals surface area contributed by atoms with Crippen molar-refractivity contribution >= 4 is 45.0 Å². The minimum Gasteiger partial charge on any atom is -0.369 e. The van der Waals surface area contributed by atoms with Crippen LogP contribution in [0.4, 0.5) is 23.1 Å². The lowest BCUT2D eigenvalue weighted by Gasteiger charge is -2.14. The van der Waals surface area contributed by atoms with Gasteiger partial charge in [-0.1, -0.05) is 66.7 Å². The SMILES string of the molecule is NC(Cc1ccccc1)C(=O)Nc1cccc(Nc2ncc(Br)c(NCCCc3ccccc3)n2)c1. The Bertz CT molecular complexity index is 1270. The number of amides is 1. The summed E-state index contributed by atoms with van der Waals surface area (Å²) in [5.41, 5.74) is 9.85. The molecule has 0 aliphatic heterocycles. The molecule has 1 unspecified atom stereocenters. The Morgan fingerprint density at radius 1 is 0.917 bits per heavy atom. The van der Waals surface area contributed by atoms with Crippen LogP contribution >= 0.6 is 15.9 Å². The molecule has 8 heteroatoms. The van der Waals surface area contributed by atoms with Crippen molar-refractivity contribution in [3.63, 3.8) is 0 Å². The molecule has 4 aromatic rings. The highest BCUT2D eigenvalue weighted by Gasteiger charge is 2.14. The molecule has 1 aromatic heterocycles. The van der Waals surface area contributed by atoms with E-state index >= 15 is 0 Å². The number of aryl methyl sites for hydroxylation is 1. The summed E-state index contributed by atoms with van der Waals surface area (Å²) in [6.07, 6.45) is 4.16. The largest absolute Gasteiger partial charge is 0.369 e. The molecule has 0 saturated carbocycles. The number of benzene rings is 3. The van der Waals surface area contributed by atoms with Crippen molar-refractivity contribution in [1.29, 1.82) is 0 Å². The molecule has 4 rings (SSSR count). The van der Waals surface area contributed by atoms with E-state index in [4.69, 9.17) is 5.73 Å². The molecule has 0 bridgehead atoms. The number of nitrogens with two attached hydrogens (primary N) is 1. The standard InChI is InChI=1S/C28H29BrN6O/c29-24-19-32-28(35-26(24)31-16-8-13-20-9-3-1-4-10-20)34-23-15-7-14-22(18-23)33-27(36)25(30)17-21-11-5-2-6-12-21/h1-7,9-12,14-15,18-19,25H,8,13,16-17,30H2,(H,33,36)(H2,31,32,34,35). The van der Waals surface area contributed by atoms with Crippen molar-refractivity contribution in [3.8, 4) is 0 Å². The van der Waals surface area contributed by atoms with Crippen LogP contribution in [0.3, 0.4) is 0 Å². The molecule has 0 saturated heterocycles. The molecular formula is C28H29BrN6O. The fourth-order valence-electron chi connectivity index (χ4n) is 3.69. The zero-order chi connectivity index (χ0) is 25.2. The Hall–Kier alpha value is -3.75. The van der Waals surface area contributed by atoms with Crippen LogP contribution in [-0.2, 0) is 17.6 Å².